The second kappa shape index (κ2) is 5.90. The summed E-state index contributed by atoms with van der Waals surface area (Å²) in [6, 6.07) is 1.02. The predicted molar refractivity (Wildman–Crippen MR) is 54.6 cm³/mol. The largest absolute Gasteiger partial charge is 0.467 e. The van der Waals surface area contributed by atoms with Crippen molar-refractivity contribution in [1.29, 1.82) is 0 Å². The number of carbonyl (C=O) groups is 2. The van der Waals surface area contributed by atoms with Crippen LogP contribution >= 0.6 is 0 Å². The minimum Gasteiger partial charge on any atom is -0.467 e. The third-order valence-electron chi connectivity index (χ3n) is 1.96. The SMILES string of the molecule is COC(=O)C(CO)NC(=O)c1ccnc(F)c1. The Hall–Kier alpha value is -2.02. The number of nitrogens with zero attached hydrogens (tertiary/aromatic N) is 1. The second-order valence-electron chi connectivity index (χ2n) is 3.10. The van der Waals surface area contributed by atoms with Crippen molar-refractivity contribution in [2.45, 2.75) is 6.04 Å². The lowest BCUT2D eigenvalue weighted by Crippen LogP contribution is -2.44. The lowest BCUT2D eigenvalue weighted by Gasteiger charge is -2.13. The van der Waals surface area contributed by atoms with Crippen molar-refractivity contribution in [2.24, 2.45) is 0 Å². The lowest BCUT2D eigenvalue weighted by molar-refractivity contribution is -0.143. The van der Waals surface area contributed by atoms with Gasteiger partial charge in [0.05, 0.1) is 13.7 Å². The molecular formula is C10H11FN2O4. The van der Waals surface area contributed by atoms with Crippen molar-refractivity contribution in [1.82, 2.24) is 10.3 Å². The molecule has 0 aliphatic heterocycles. The van der Waals surface area contributed by atoms with Crippen LogP contribution in [0.5, 0.6) is 0 Å². The first-order valence-corrected chi connectivity index (χ1v) is 4.69. The van der Waals surface area contributed by atoms with Crippen molar-refractivity contribution in [2.75, 3.05) is 13.7 Å². The molecule has 0 aliphatic carbocycles. The molecule has 0 fully saturated rings. The van der Waals surface area contributed by atoms with Gasteiger partial charge in [-0.15, -0.1) is 0 Å². The summed E-state index contributed by atoms with van der Waals surface area (Å²) in [6.07, 6.45) is 1.12. The first-order chi connectivity index (χ1) is 8.08. The maximum Gasteiger partial charge on any atom is 0.330 e. The summed E-state index contributed by atoms with van der Waals surface area (Å²) >= 11 is 0. The minimum absolute atomic E-state index is 0.000136. The Labute approximate surface area is 96.4 Å². The van der Waals surface area contributed by atoms with Crippen LogP contribution in [0.2, 0.25) is 0 Å². The number of nitrogens with one attached hydrogen (secondary N) is 1. The number of aliphatic hydroxyl groups is 1. The van der Waals surface area contributed by atoms with E-state index in [9.17, 15) is 14.0 Å². The van der Waals surface area contributed by atoms with E-state index in [4.69, 9.17) is 5.11 Å². The Balaban J connectivity index is 2.74. The molecule has 2 N–H and O–H groups in total. The minimum atomic E-state index is -1.18. The summed E-state index contributed by atoms with van der Waals surface area (Å²) in [6.45, 7) is -0.605. The fourth-order valence-corrected chi connectivity index (χ4v) is 1.11. The number of ether oxygens (including phenoxy) is 1. The van der Waals surface area contributed by atoms with E-state index in [1.165, 1.54) is 6.07 Å². The van der Waals surface area contributed by atoms with Crippen LogP contribution in [-0.2, 0) is 9.53 Å². The number of methoxy groups -OCH3 is 1. The number of hydrogen-bond donors (Lipinski definition) is 2. The number of hydrogen-bond acceptors (Lipinski definition) is 5. The summed E-state index contributed by atoms with van der Waals surface area (Å²) in [5.74, 6) is -2.29. The maximum atomic E-state index is 12.7. The molecule has 1 unspecified atom stereocenters. The molecule has 0 aromatic carbocycles. The number of halogens is 1. The molecule has 92 valence electrons. The van der Waals surface area contributed by atoms with Crippen LogP contribution < -0.4 is 5.32 Å². The number of aliphatic hydroxyl groups excluding tert-OH is 1. The summed E-state index contributed by atoms with van der Waals surface area (Å²) in [7, 11) is 1.13. The molecule has 1 rings (SSSR count). The van der Waals surface area contributed by atoms with Gasteiger partial charge in [-0.05, 0) is 6.07 Å². The van der Waals surface area contributed by atoms with E-state index in [0.29, 0.717) is 0 Å². The van der Waals surface area contributed by atoms with Gasteiger partial charge in [-0.2, -0.15) is 4.39 Å². The van der Waals surface area contributed by atoms with Gasteiger partial charge in [0.1, 0.15) is 0 Å². The highest BCUT2D eigenvalue weighted by Gasteiger charge is 2.21. The van der Waals surface area contributed by atoms with E-state index < -0.39 is 30.5 Å². The molecule has 17 heavy (non-hydrogen) atoms. The van der Waals surface area contributed by atoms with E-state index in [-0.39, 0.29) is 5.56 Å². The zero-order valence-corrected chi connectivity index (χ0v) is 9.01. The number of rotatable bonds is 4. The van der Waals surface area contributed by atoms with E-state index in [1.54, 1.807) is 0 Å². The van der Waals surface area contributed by atoms with E-state index in [2.05, 4.69) is 15.0 Å². The van der Waals surface area contributed by atoms with Crippen LogP contribution in [0.4, 0.5) is 4.39 Å². The topological polar surface area (TPSA) is 88.5 Å². The normalized spacial score (nSPS) is 11.7. The quantitative estimate of drug-likeness (QED) is 0.548. The average molecular weight is 242 g/mol. The molecular weight excluding hydrogens is 231 g/mol. The highest BCUT2D eigenvalue weighted by Crippen LogP contribution is 2.01. The molecule has 1 aromatic rings. The number of amides is 1. The third kappa shape index (κ3) is 3.49. The van der Waals surface area contributed by atoms with E-state index in [1.807, 2.05) is 0 Å². The first kappa shape index (κ1) is 13.0. The number of esters is 1. The zero-order valence-electron chi connectivity index (χ0n) is 9.01. The fourth-order valence-electron chi connectivity index (χ4n) is 1.11. The number of aromatic nitrogens is 1. The monoisotopic (exact) mass is 242 g/mol. The van der Waals surface area contributed by atoms with Gasteiger partial charge in [-0.3, -0.25) is 4.79 Å². The maximum absolute atomic E-state index is 12.7. The van der Waals surface area contributed by atoms with Crippen LogP contribution in [0.25, 0.3) is 0 Å². The third-order valence-corrected chi connectivity index (χ3v) is 1.96. The highest BCUT2D eigenvalue weighted by atomic mass is 19.1. The van der Waals surface area contributed by atoms with Gasteiger partial charge in [-0.1, -0.05) is 0 Å². The highest BCUT2D eigenvalue weighted by molar-refractivity contribution is 5.96. The van der Waals surface area contributed by atoms with Gasteiger partial charge in [0.25, 0.3) is 5.91 Å². The second-order valence-corrected chi connectivity index (χ2v) is 3.10. The molecule has 1 aromatic heterocycles. The van der Waals surface area contributed by atoms with E-state index in [0.717, 1.165) is 19.4 Å². The molecule has 6 nitrogen and oxygen atoms in total. The van der Waals surface area contributed by atoms with Gasteiger partial charge in [0.15, 0.2) is 6.04 Å². The molecule has 0 saturated heterocycles. The molecule has 1 heterocycles. The molecule has 1 atom stereocenters. The van der Waals surface area contributed by atoms with Crippen LogP contribution in [0.15, 0.2) is 18.3 Å². The van der Waals surface area contributed by atoms with Crippen LogP contribution in [0.1, 0.15) is 10.4 Å². The Morgan fingerprint density at radius 1 is 1.65 bits per heavy atom. The summed E-state index contributed by atoms with van der Waals surface area (Å²) in [5, 5.41) is 11.1. The van der Waals surface area contributed by atoms with Crippen molar-refractivity contribution in [3.05, 3.63) is 29.8 Å². The summed E-state index contributed by atoms with van der Waals surface area (Å²) in [5.41, 5.74) is -0.000136. The van der Waals surface area contributed by atoms with Crippen molar-refractivity contribution >= 4 is 11.9 Å². The first-order valence-electron chi connectivity index (χ1n) is 4.69. The zero-order chi connectivity index (χ0) is 12.8. The standard InChI is InChI=1S/C10H11FN2O4/c1-17-10(16)7(5-14)13-9(15)6-2-3-12-8(11)4-6/h2-4,7,14H,5H2,1H3,(H,13,15). The average Bonchev–Trinajstić information content (AvgIpc) is 2.34. The van der Waals surface area contributed by atoms with Crippen LogP contribution in [-0.4, -0.2) is 41.7 Å². The lowest BCUT2D eigenvalue weighted by atomic mass is 10.2. The fraction of sp³-hybridized carbons (Fsp3) is 0.300. The van der Waals surface area contributed by atoms with Crippen LogP contribution in [0, 0.1) is 5.95 Å². The van der Waals surface area contributed by atoms with Gasteiger partial charge >= 0.3 is 5.97 Å². The Kier molecular flexibility index (Phi) is 4.53. The number of pyridine rings is 1. The molecule has 7 heteroatoms. The Morgan fingerprint density at radius 2 is 2.35 bits per heavy atom. The van der Waals surface area contributed by atoms with Crippen molar-refractivity contribution in [3.8, 4) is 0 Å². The van der Waals surface area contributed by atoms with Gasteiger partial charge < -0.3 is 15.2 Å². The van der Waals surface area contributed by atoms with Crippen LogP contribution in [0.3, 0.4) is 0 Å². The molecule has 0 bridgehead atoms. The number of carbonyl (C=O) groups excluding carboxylic acids is 2. The summed E-state index contributed by atoms with van der Waals surface area (Å²) in [4.78, 5) is 25.9. The smallest absolute Gasteiger partial charge is 0.330 e. The molecule has 1 amide bonds. The molecule has 0 radical (unpaired) electrons. The van der Waals surface area contributed by atoms with Gasteiger partial charge in [0.2, 0.25) is 5.95 Å². The van der Waals surface area contributed by atoms with Gasteiger partial charge in [0, 0.05) is 17.8 Å². The Bertz CT molecular complexity index is 425. The van der Waals surface area contributed by atoms with Crippen molar-refractivity contribution in [3.63, 3.8) is 0 Å². The van der Waals surface area contributed by atoms with Gasteiger partial charge in [-0.25, -0.2) is 9.78 Å². The Morgan fingerprint density at radius 3 is 2.88 bits per heavy atom. The molecule has 0 aliphatic rings. The molecule has 0 saturated carbocycles. The van der Waals surface area contributed by atoms with E-state index >= 15 is 0 Å². The summed E-state index contributed by atoms with van der Waals surface area (Å²) < 4.78 is 17.1. The van der Waals surface area contributed by atoms with Crippen molar-refractivity contribution < 1.29 is 23.8 Å². The molecule has 0 spiro atoms. The predicted octanol–water partition coefficient (Wildman–Crippen LogP) is -0.516.